The van der Waals surface area contributed by atoms with Crippen molar-refractivity contribution < 1.29 is 18.8 Å². The lowest BCUT2D eigenvalue weighted by Crippen LogP contribution is -2.55. The molecule has 3 N–H and O–H groups in total. The summed E-state index contributed by atoms with van der Waals surface area (Å²) in [6.07, 6.45) is 4.32. The molecule has 1 aromatic carbocycles. The maximum Gasteiger partial charge on any atom is 0.256 e. The van der Waals surface area contributed by atoms with E-state index in [0.29, 0.717) is 36.4 Å². The number of hydrogen-bond donors (Lipinski definition) is 3. The summed E-state index contributed by atoms with van der Waals surface area (Å²) in [5, 5.41) is 9.30. The maximum absolute atomic E-state index is 13.3. The molecule has 0 spiro atoms. The molecule has 3 amide bonds. The zero-order chi connectivity index (χ0) is 21.4. The van der Waals surface area contributed by atoms with Gasteiger partial charge in [-0.1, -0.05) is 0 Å². The molecule has 2 saturated heterocycles. The van der Waals surface area contributed by atoms with Gasteiger partial charge in [0.25, 0.3) is 5.91 Å². The molecule has 5 rings (SSSR count). The number of carbonyl (C=O) groups is 3. The van der Waals surface area contributed by atoms with Gasteiger partial charge >= 0.3 is 0 Å². The summed E-state index contributed by atoms with van der Waals surface area (Å²) < 4.78 is 5.45. The molecule has 162 valence electrons. The van der Waals surface area contributed by atoms with Gasteiger partial charge in [0.2, 0.25) is 11.8 Å². The molecule has 8 heteroatoms. The van der Waals surface area contributed by atoms with Crippen LogP contribution in [0.15, 0.2) is 41.0 Å². The average Bonchev–Trinajstić information content (AvgIpc) is 3.31. The second kappa shape index (κ2) is 8.19. The molecule has 1 aromatic heterocycles. The van der Waals surface area contributed by atoms with Gasteiger partial charge in [-0.05, 0) is 69.1 Å². The van der Waals surface area contributed by atoms with E-state index in [1.165, 1.54) is 0 Å². The topological polar surface area (TPSA) is 104 Å². The van der Waals surface area contributed by atoms with E-state index in [9.17, 15) is 14.4 Å². The van der Waals surface area contributed by atoms with Crippen molar-refractivity contribution in [2.24, 2.45) is 5.92 Å². The van der Waals surface area contributed by atoms with Crippen LogP contribution in [0, 0.1) is 5.92 Å². The lowest BCUT2D eigenvalue weighted by atomic mass is 9.93. The molecule has 2 fully saturated rings. The van der Waals surface area contributed by atoms with Gasteiger partial charge in [0, 0.05) is 24.1 Å². The van der Waals surface area contributed by atoms with Crippen molar-refractivity contribution in [2.75, 3.05) is 25.0 Å². The minimum absolute atomic E-state index is 0.0214. The van der Waals surface area contributed by atoms with Crippen LogP contribution in [0.3, 0.4) is 0 Å². The van der Waals surface area contributed by atoms with Gasteiger partial charge in [-0.3, -0.25) is 14.4 Å². The minimum atomic E-state index is -0.598. The first-order chi connectivity index (χ1) is 15.1. The Morgan fingerprint density at radius 1 is 1.13 bits per heavy atom. The molecule has 4 heterocycles. The number of fused-ring (bicyclic) bond motifs is 2. The third-order valence-electron chi connectivity index (χ3n) is 6.54. The van der Waals surface area contributed by atoms with Crippen molar-refractivity contribution in [3.8, 4) is 11.3 Å². The highest BCUT2D eigenvalue weighted by Gasteiger charge is 2.40. The Morgan fingerprint density at radius 2 is 1.97 bits per heavy atom. The Balaban J connectivity index is 1.33. The Labute approximate surface area is 180 Å². The zero-order valence-electron chi connectivity index (χ0n) is 17.2. The van der Waals surface area contributed by atoms with Crippen LogP contribution >= 0.6 is 0 Å². The van der Waals surface area contributed by atoms with Crippen LogP contribution in [0.4, 0.5) is 5.69 Å². The van der Waals surface area contributed by atoms with Gasteiger partial charge in [-0.2, -0.15) is 0 Å². The van der Waals surface area contributed by atoms with E-state index in [-0.39, 0.29) is 29.7 Å². The lowest BCUT2D eigenvalue weighted by molar-refractivity contribution is -0.128. The van der Waals surface area contributed by atoms with E-state index in [1.807, 2.05) is 12.1 Å². The van der Waals surface area contributed by atoms with Gasteiger partial charge in [0.1, 0.15) is 11.8 Å². The van der Waals surface area contributed by atoms with E-state index in [1.54, 1.807) is 29.4 Å². The molecule has 3 aliphatic heterocycles. The third kappa shape index (κ3) is 3.83. The van der Waals surface area contributed by atoms with Gasteiger partial charge in [-0.25, -0.2) is 0 Å². The van der Waals surface area contributed by atoms with E-state index in [0.717, 1.165) is 31.5 Å². The molecular formula is C23H26N4O4. The Morgan fingerprint density at radius 3 is 2.74 bits per heavy atom. The largest absolute Gasteiger partial charge is 0.464 e. The number of furan rings is 1. The monoisotopic (exact) mass is 422 g/mol. The smallest absolute Gasteiger partial charge is 0.256 e. The molecule has 31 heavy (non-hydrogen) atoms. The molecule has 2 aromatic rings. The predicted molar refractivity (Wildman–Crippen MR) is 114 cm³/mol. The first-order valence-electron chi connectivity index (χ1n) is 10.9. The number of nitrogens with one attached hydrogen (secondary N) is 3. The van der Waals surface area contributed by atoms with Crippen molar-refractivity contribution in [3.05, 3.63) is 42.2 Å². The molecule has 0 saturated carbocycles. The molecule has 0 radical (unpaired) electrons. The number of anilines is 1. The molecule has 0 aliphatic carbocycles. The maximum atomic E-state index is 13.3. The number of benzene rings is 1. The van der Waals surface area contributed by atoms with E-state index in [4.69, 9.17) is 4.42 Å². The van der Waals surface area contributed by atoms with Crippen LogP contribution in [-0.4, -0.2) is 54.3 Å². The highest BCUT2D eigenvalue weighted by molar-refractivity contribution is 6.10. The third-order valence-corrected chi connectivity index (χ3v) is 6.54. The van der Waals surface area contributed by atoms with Gasteiger partial charge < -0.3 is 25.3 Å². The van der Waals surface area contributed by atoms with Crippen molar-refractivity contribution in [2.45, 2.75) is 37.8 Å². The van der Waals surface area contributed by atoms with E-state index < -0.39 is 6.04 Å². The summed E-state index contributed by atoms with van der Waals surface area (Å²) in [4.78, 5) is 40.6. The molecular weight excluding hydrogens is 396 g/mol. The summed E-state index contributed by atoms with van der Waals surface area (Å²) in [6.45, 7) is 2.14. The van der Waals surface area contributed by atoms with Crippen molar-refractivity contribution >= 4 is 23.4 Å². The molecule has 8 nitrogen and oxygen atoms in total. The highest BCUT2D eigenvalue weighted by atomic mass is 16.3. The molecule has 3 aliphatic rings. The van der Waals surface area contributed by atoms with Crippen LogP contribution in [-0.2, 0) is 9.59 Å². The molecule has 2 atom stereocenters. The van der Waals surface area contributed by atoms with Crippen LogP contribution in [0.1, 0.15) is 36.0 Å². The number of hydrogen-bond acceptors (Lipinski definition) is 5. The van der Waals surface area contributed by atoms with Crippen molar-refractivity contribution in [3.63, 3.8) is 0 Å². The SMILES string of the molecule is O=C(N[C@H]1CCN2C(=O)c3cc(-c4ccco4)ccc3NC(=O)[C@@H]2C1)C1CCNCC1. The summed E-state index contributed by atoms with van der Waals surface area (Å²) >= 11 is 0. The van der Waals surface area contributed by atoms with Crippen molar-refractivity contribution in [1.29, 1.82) is 0 Å². The van der Waals surface area contributed by atoms with Gasteiger partial charge in [-0.15, -0.1) is 0 Å². The second-order valence-corrected chi connectivity index (χ2v) is 8.50. The normalized spacial score (nSPS) is 24.1. The zero-order valence-corrected chi connectivity index (χ0v) is 17.2. The standard InChI is InChI=1S/C23H26N4O4/c28-21(14-5-8-24-9-6-14)25-16-7-10-27-19(13-16)22(29)26-18-4-3-15(12-17(18)23(27)30)20-2-1-11-31-20/h1-4,11-12,14,16,19,24H,5-10,13H2,(H,25,28)(H,26,29)/t16-,19-/m0/s1. The van der Waals surface area contributed by atoms with E-state index in [2.05, 4.69) is 16.0 Å². The Hall–Kier alpha value is -3.13. The lowest BCUT2D eigenvalue weighted by Gasteiger charge is -2.38. The summed E-state index contributed by atoms with van der Waals surface area (Å²) in [5.74, 6) is 0.371. The van der Waals surface area contributed by atoms with Crippen LogP contribution in [0.25, 0.3) is 11.3 Å². The summed E-state index contributed by atoms with van der Waals surface area (Å²) in [5.41, 5.74) is 1.76. The van der Waals surface area contributed by atoms with Gasteiger partial charge in [0.15, 0.2) is 0 Å². The number of carbonyl (C=O) groups excluding carboxylic acids is 3. The molecule has 0 bridgehead atoms. The molecule has 0 unspecified atom stereocenters. The fraction of sp³-hybridized carbons (Fsp3) is 0.435. The van der Waals surface area contributed by atoms with Crippen molar-refractivity contribution in [1.82, 2.24) is 15.5 Å². The fourth-order valence-electron chi connectivity index (χ4n) is 4.79. The quantitative estimate of drug-likeness (QED) is 0.702. The second-order valence-electron chi connectivity index (χ2n) is 8.50. The predicted octanol–water partition coefficient (Wildman–Crippen LogP) is 1.99. The highest BCUT2D eigenvalue weighted by Crippen LogP contribution is 2.32. The van der Waals surface area contributed by atoms with Crippen LogP contribution < -0.4 is 16.0 Å². The summed E-state index contributed by atoms with van der Waals surface area (Å²) in [6, 6.07) is 8.27. The van der Waals surface area contributed by atoms with E-state index >= 15 is 0 Å². The average molecular weight is 422 g/mol. The van der Waals surface area contributed by atoms with Crippen LogP contribution in [0.5, 0.6) is 0 Å². The Kier molecular flexibility index (Phi) is 5.23. The van der Waals surface area contributed by atoms with Gasteiger partial charge in [0.05, 0.1) is 17.5 Å². The Bertz CT molecular complexity index is 997. The van der Waals surface area contributed by atoms with Crippen LogP contribution in [0.2, 0.25) is 0 Å². The number of piperidine rings is 2. The number of rotatable bonds is 3. The fourth-order valence-corrected chi connectivity index (χ4v) is 4.79. The number of amides is 3. The first kappa shape index (κ1) is 19.8. The summed E-state index contributed by atoms with van der Waals surface area (Å²) in [7, 11) is 0. The number of nitrogens with zero attached hydrogens (tertiary/aromatic N) is 1. The first-order valence-corrected chi connectivity index (χ1v) is 10.9. The minimum Gasteiger partial charge on any atom is -0.464 e.